The summed E-state index contributed by atoms with van der Waals surface area (Å²) >= 11 is 0. The third-order valence-electron chi connectivity index (χ3n) is 5.68. The van der Waals surface area contributed by atoms with Gasteiger partial charge in [-0.15, -0.1) is 0 Å². The molecule has 5 heterocycles. The maximum atomic E-state index is 13.0. The highest BCUT2D eigenvalue weighted by atomic mass is 32.2. The molecule has 4 aromatic heterocycles. The van der Waals surface area contributed by atoms with E-state index < -0.39 is 10.0 Å². The lowest BCUT2D eigenvalue weighted by Gasteiger charge is -2.14. The van der Waals surface area contributed by atoms with Gasteiger partial charge in [-0.25, -0.2) is 32.0 Å². The van der Waals surface area contributed by atoms with Crippen LogP contribution in [0.3, 0.4) is 0 Å². The molecule has 1 atom stereocenters. The van der Waals surface area contributed by atoms with Crippen LogP contribution in [0.1, 0.15) is 18.0 Å². The van der Waals surface area contributed by atoms with Gasteiger partial charge in [-0.2, -0.15) is 10.4 Å². The quantitative estimate of drug-likeness (QED) is 0.456. The summed E-state index contributed by atoms with van der Waals surface area (Å²) in [5.74, 6) is 0.370. The van der Waals surface area contributed by atoms with Gasteiger partial charge in [0, 0.05) is 26.3 Å². The van der Waals surface area contributed by atoms with Crippen LogP contribution >= 0.6 is 0 Å². The fourth-order valence-corrected chi connectivity index (χ4v) is 4.92. The van der Waals surface area contributed by atoms with Crippen molar-refractivity contribution in [3.8, 4) is 17.5 Å². The van der Waals surface area contributed by atoms with Crippen molar-refractivity contribution in [1.29, 1.82) is 5.26 Å². The molecule has 1 aliphatic heterocycles. The predicted molar refractivity (Wildman–Crippen MR) is 112 cm³/mol. The first-order valence-electron chi connectivity index (χ1n) is 9.55. The summed E-state index contributed by atoms with van der Waals surface area (Å²) in [6.45, 7) is 0.578. The molecule has 0 aliphatic carbocycles. The number of fused-ring (bicyclic) bond motifs is 2. The number of nitriles is 1. The number of hydrogen-bond acceptors (Lipinski definition) is 7. The molecule has 0 unspecified atom stereocenters. The Bertz CT molecular complexity index is 1560. The Labute approximate surface area is 176 Å². The van der Waals surface area contributed by atoms with Crippen molar-refractivity contribution in [2.24, 2.45) is 7.05 Å². The van der Waals surface area contributed by atoms with Gasteiger partial charge in [0.15, 0.2) is 11.5 Å². The summed E-state index contributed by atoms with van der Waals surface area (Å²) in [5.41, 5.74) is 2.51. The highest BCUT2D eigenvalue weighted by molar-refractivity contribution is 7.88. The average molecular weight is 438 g/mol. The Kier molecular flexibility index (Phi) is 4.21. The van der Waals surface area contributed by atoms with E-state index >= 15 is 0 Å². The zero-order chi connectivity index (χ0) is 21.9. The molecule has 1 fully saturated rings. The number of sulfonamides is 1. The largest absolute Gasteiger partial charge is 0.330 e. The van der Waals surface area contributed by atoms with Crippen molar-refractivity contribution in [3.05, 3.63) is 46.8 Å². The van der Waals surface area contributed by atoms with E-state index in [-0.39, 0.29) is 18.3 Å². The number of imidazole rings is 1. The normalized spacial score (nSPS) is 17.5. The first-order chi connectivity index (χ1) is 14.8. The second-order valence-electron chi connectivity index (χ2n) is 7.59. The molecule has 1 saturated heterocycles. The molecule has 11 nitrogen and oxygen atoms in total. The summed E-state index contributed by atoms with van der Waals surface area (Å²) in [4.78, 5) is 22.1. The van der Waals surface area contributed by atoms with E-state index in [0.29, 0.717) is 46.6 Å². The van der Waals surface area contributed by atoms with Gasteiger partial charge in [0.25, 0.3) is 0 Å². The van der Waals surface area contributed by atoms with Crippen LogP contribution in [0.15, 0.2) is 35.5 Å². The van der Waals surface area contributed by atoms with E-state index in [2.05, 4.69) is 21.1 Å². The number of aromatic nitrogens is 6. The summed E-state index contributed by atoms with van der Waals surface area (Å²) in [6.07, 6.45) is 6.57. The third kappa shape index (κ3) is 3.01. The van der Waals surface area contributed by atoms with Crippen molar-refractivity contribution in [2.75, 3.05) is 19.3 Å². The number of hydrogen-bond donors (Lipinski definition) is 0. The van der Waals surface area contributed by atoms with Crippen molar-refractivity contribution in [1.82, 2.24) is 33.0 Å². The van der Waals surface area contributed by atoms with Gasteiger partial charge in [0.05, 0.1) is 47.4 Å². The molecule has 0 radical (unpaired) electrons. The van der Waals surface area contributed by atoms with Gasteiger partial charge in [-0.3, -0.25) is 9.13 Å². The van der Waals surface area contributed by atoms with E-state index in [1.807, 2.05) is 0 Å². The highest BCUT2D eigenvalue weighted by Gasteiger charge is 2.32. The van der Waals surface area contributed by atoms with Crippen LogP contribution in [0.4, 0.5) is 0 Å². The summed E-state index contributed by atoms with van der Waals surface area (Å²) < 4.78 is 29.9. The molecule has 0 saturated carbocycles. The molecule has 1 aliphatic rings. The van der Waals surface area contributed by atoms with Crippen molar-refractivity contribution < 1.29 is 8.42 Å². The van der Waals surface area contributed by atoms with Crippen molar-refractivity contribution in [2.45, 2.75) is 12.5 Å². The van der Waals surface area contributed by atoms with Gasteiger partial charge >= 0.3 is 5.69 Å². The second-order valence-corrected chi connectivity index (χ2v) is 9.58. The van der Waals surface area contributed by atoms with E-state index in [1.165, 1.54) is 15.1 Å². The first-order valence-corrected chi connectivity index (χ1v) is 11.4. The topological polar surface area (TPSA) is 131 Å². The lowest BCUT2D eigenvalue weighted by molar-refractivity contribution is 0.453. The van der Waals surface area contributed by atoms with Gasteiger partial charge in [0.1, 0.15) is 5.52 Å². The van der Waals surface area contributed by atoms with E-state index in [4.69, 9.17) is 0 Å². The molecule has 4 aromatic rings. The monoisotopic (exact) mass is 438 g/mol. The fourth-order valence-electron chi connectivity index (χ4n) is 4.04. The predicted octanol–water partition coefficient (Wildman–Crippen LogP) is 0.523. The Balaban J connectivity index is 1.67. The molecule has 0 spiro atoms. The minimum absolute atomic E-state index is 0.222. The van der Waals surface area contributed by atoms with E-state index in [0.717, 1.165) is 0 Å². The number of aryl methyl sites for hydroxylation is 1. The molecule has 5 rings (SSSR count). The van der Waals surface area contributed by atoms with Crippen LogP contribution in [0.5, 0.6) is 0 Å². The fraction of sp³-hybridized carbons (Fsp3) is 0.316. The summed E-state index contributed by atoms with van der Waals surface area (Å²) in [5, 5.41) is 13.5. The van der Waals surface area contributed by atoms with Crippen LogP contribution < -0.4 is 5.69 Å². The zero-order valence-corrected chi connectivity index (χ0v) is 17.6. The molecule has 0 amide bonds. The average Bonchev–Trinajstić information content (AvgIpc) is 3.44. The van der Waals surface area contributed by atoms with E-state index in [1.54, 1.807) is 46.9 Å². The molecule has 31 heavy (non-hydrogen) atoms. The Morgan fingerprint density at radius 2 is 2.06 bits per heavy atom. The minimum atomic E-state index is -3.34. The van der Waals surface area contributed by atoms with Crippen LogP contribution in [-0.4, -0.2) is 60.8 Å². The highest BCUT2D eigenvalue weighted by Crippen LogP contribution is 2.27. The van der Waals surface area contributed by atoms with E-state index in [9.17, 15) is 18.5 Å². The van der Waals surface area contributed by atoms with Gasteiger partial charge in [-0.1, -0.05) is 0 Å². The Morgan fingerprint density at radius 1 is 1.26 bits per heavy atom. The summed E-state index contributed by atoms with van der Waals surface area (Å²) in [6, 6.07) is 5.16. The molecule has 0 N–H and O–H groups in total. The van der Waals surface area contributed by atoms with Crippen LogP contribution in [0.2, 0.25) is 0 Å². The third-order valence-corrected chi connectivity index (χ3v) is 6.95. The maximum Gasteiger partial charge on any atom is 0.330 e. The lowest BCUT2D eigenvalue weighted by atomic mass is 10.2. The van der Waals surface area contributed by atoms with Gasteiger partial charge in [0.2, 0.25) is 10.0 Å². The molecule has 158 valence electrons. The molecular weight excluding hydrogens is 420 g/mol. The maximum absolute atomic E-state index is 13.0. The molecule has 0 bridgehead atoms. The molecule has 12 heteroatoms. The van der Waals surface area contributed by atoms with Crippen LogP contribution in [-0.2, 0) is 17.1 Å². The lowest BCUT2D eigenvalue weighted by Crippen LogP contribution is -2.31. The van der Waals surface area contributed by atoms with Gasteiger partial charge in [-0.05, 0) is 18.6 Å². The molecular formula is C19H18N8O3S. The number of pyridine rings is 1. The number of nitrogens with zero attached hydrogens (tertiary/aromatic N) is 8. The Morgan fingerprint density at radius 3 is 2.77 bits per heavy atom. The smallest absolute Gasteiger partial charge is 0.292 e. The SMILES string of the molecule is Cn1c(=O)n([C@@H]2CCN(S(C)(=O)=O)C2)c2nc(-c3cnn4ccc(C#N)cc34)ncc21. The number of rotatable bonds is 3. The summed E-state index contributed by atoms with van der Waals surface area (Å²) in [7, 11) is -1.70. The standard InChI is InChI=1S/C19H18N8O3S/c1-24-16-10-21-17(14-9-22-26-6-3-12(8-20)7-15(14)26)23-18(16)27(19(24)28)13-4-5-25(11-13)31(2,29)30/h3,6-7,9-10,13H,4-5,11H2,1-2H3/t13-/m1/s1. The Hall–Kier alpha value is -3.56. The van der Waals surface area contributed by atoms with Crippen molar-refractivity contribution >= 4 is 26.7 Å². The van der Waals surface area contributed by atoms with Crippen LogP contribution in [0, 0.1) is 11.3 Å². The minimum Gasteiger partial charge on any atom is -0.292 e. The van der Waals surface area contributed by atoms with Crippen LogP contribution in [0.25, 0.3) is 28.1 Å². The molecule has 0 aromatic carbocycles. The zero-order valence-electron chi connectivity index (χ0n) is 16.8. The van der Waals surface area contributed by atoms with Gasteiger partial charge < -0.3 is 0 Å². The second kappa shape index (κ2) is 6.73. The van der Waals surface area contributed by atoms with Crippen molar-refractivity contribution in [3.63, 3.8) is 0 Å². The first kappa shape index (κ1) is 19.4.